The number of carboxylic acid groups (broad SMARTS) is 1. The number of halogens is 1. The van der Waals surface area contributed by atoms with Crippen molar-refractivity contribution in [1.29, 1.82) is 0 Å². The van der Waals surface area contributed by atoms with E-state index in [0.717, 1.165) is 6.07 Å². The van der Waals surface area contributed by atoms with E-state index in [1.54, 1.807) is 0 Å². The van der Waals surface area contributed by atoms with Crippen molar-refractivity contribution in [3.05, 3.63) is 42.7 Å². The van der Waals surface area contributed by atoms with E-state index in [2.05, 4.69) is 17.2 Å². The van der Waals surface area contributed by atoms with Crippen molar-refractivity contribution < 1.29 is 19.1 Å². The normalized spacial score (nSPS) is 11.4. The average Bonchev–Trinajstić information content (AvgIpc) is 2.28. The number of carboxylic acids is 1. The Balaban J connectivity index is 2.60. The third-order valence-corrected chi connectivity index (χ3v) is 2.09. The number of carbonyl (C=O) groups is 2. The Morgan fingerprint density at radius 3 is 2.78 bits per heavy atom. The Morgan fingerprint density at radius 1 is 1.50 bits per heavy atom. The molecule has 0 bridgehead atoms. The van der Waals surface area contributed by atoms with Crippen molar-refractivity contribution in [1.82, 2.24) is 5.32 Å². The number of urea groups is 1. The molecule has 0 saturated heterocycles. The van der Waals surface area contributed by atoms with Crippen LogP contribution in [0.5, 0.6) is 0 Å². The number of benzene rings is 1. The first-order chi connectivity index (χ1) is 8.52. The van der Waals surface area contributed by atoms with Crippen LogP contribution in [0.2, 0.25) is 0 Å². The van der Waals surface area contributed by atoms with Crippen LogP contribution in [0.4, 0.5) is 14.9 Å². The fourth-order valence-electron chi connectivity index (χ4n) is 1.28. The van der Waals surface area contributed by atoms with Gasteiger partial charge in [-0.1, -0.05) is 12.1 Å². The fourth-order valence-corrected chi connectivity index (χ4v) is 1.28. The summed E-state index contributed by atoms with van der Waals surface area (Å²) in [7, 11) is 0. The molecule has 5 nitrogen and oxygen atoms in total. The van der Waals surface area contributed by atoms with Gasteiger partial charge in [-0.25, -0.2) is 14.0 Å². The summed E-state index contributed by atoms with van der Waals surface area (Å²) in [5, 5.41) is 13.4. The first-order valence-electron chi connectivity index (χ1n) is 5.19. The quantitative estimate of drug-likeness (QED) is 0.701. The van der Waals surface area contributed by atoms with Gasteiger partial charge >= 0.3 is 12.0 Å². The second-order valence-corrected chi connectivity index (χ2v) is 3.52. The lowest BCUT2D eigenvalue weighted by molar-refractivity contribution is -0.139. The van der Waals surface area contributed by atoms with Crippen LogP contribution < -0.4 is 10.6 Å². The van der Waals surface area contributed by atoms with Gasteiger partial charge in [0.05, 0.1) is 0 Å². The van der Waals surface area contributed by atoms with Gasteiger partial charge in [0.1, 0.15) is 11.9 Å². The molecule has 6 heteroatoms. The Bertz CT molecular complexity index is 462. The molecule has 0 aliphatic heterocycles. The lowest BCUT2D eigenvalue weighted by atomic mass is 10.2. The molecule has 3 N–H and O–H groups in total. The molecule has 1 rings (SSSR count). The van der Waals surface area contributed by atoms with Crippen molar-refractivity contribution in [2.75, 3.05) is 5.32 Å². The number of aliphatic carboxylic acids is 1. The predicted molar refractivity (Wildman–Crippen MR) is 64.8 cm³/mol. The van der Waals surface area contributed by atoms with Crippen molar-refractivity contribution >= 4 is 17.7 Å². The topological polar surface area (TPSA) is 78.4 Å². The highest BCUT2D eigenvalue weighted by atomic mass is 19.1. The van der Waals surface area contributed by atoms with E-state index in [1.807, 2.05) is 0 Å². The van der Waals surface area contributed by atoms with Crippen molar-refractivity contribution in [3.8, 4) is 0 Å². The summed E-state index contributed by atoms with van der Waals surface area (Å²) in [6, 6.07) is 3.52. The van der Waals surface area contributed by atoms with E-state index in [-0.39, 0.29) is 12.1 Å². The highest BCUT2D eigenvalue weighted by Gasteiger charge is 2.18. The third-order valence-electron chi connectivity index (χ3n) is 2.09. The predicted octanol–water partition coefficient (Wildman–Crippen LogP) is 1.98. The van der Waals surface area contributed by atoms with E-state index in [1.165, 1.54) is 24.3 Å². The Kier molecular flexibility index (Phi) is 4.86. The fraction of sp³-hybridized carbons (Fsp3) is 0.167. The minimum atomic E-state index is -1.16. The Labute approximate surface area is 103 Å². The minimum absolute atomic E-state index is 0.103. The number of hydrogen-bond donors (Lipinski definition) is 3. The summed E-state index contributed by atoms with van der Waals surface area (Å²) < 4.78 is 12.9. The zero-order valence-corrected chi connectivity index (χ0v) is 9.52. The molecule has 1 aromatic carbocycles. The van der Waals surface area contributed by atoms with Gasteiger partial charge < -0.3 is 15.7 Å². The molecule has 0 aromatic heterocycles. The summed E-state index contributed by atoms with van der Waals surface area (Å²) in [6.07, 6.45) is 1.49. The number of amides is 2. The maximum atomic E-state index is 12.9. The second-order valence-electron chi connectivity index (χ2n) is 3.52. The van der Waals surface area contributed by atoms with E-state index < -0.39 is 23.9 Å². The largest absolute Gasteiger partial charge is 0.480 e. The van der Waals surface area contributed by atoms with Gasteiger partial charge in [-0.05, 0) is 24.6 Å². The van der Waals surface area contributed by atoms with Crippen LogP contribution in [0.15, 0.2) is 36.9 Å². The van der Waals surface area contributed by atoms with Crippen LogP contribution in [0.1, 0.15) is 6.42 Å². The smallest absolute Gasteiger partial charge is 0.326 e. The average molecular weight is 252 g/mol. The van der Waals surface area contributed by atoms with Crippen LogP contribution in [-0.2, 0) is 4.79 Å². The zero-order chi connectivity index (χ0) is 13.5. The number of hydrogen-bond acceptors (Lipinski definition) is 2. The van der Waals surface area contributed by atoms with Gasteiger partial charge in [0, 0.05) is 5.69 Å². The summed E-state index contributed by atoms with van der Waals surface area (Å²) in [6.45, 7) is 3.40. The molecule has 1 atom stereocenters. The summed E-state index contributed by atoms with van der Waals surface area (Å²) in [5.74, 6) is -1.65. The van der Waals surface area contributed by atoms with E-state index >= 15 is 0 Å². The molecule has 0 fully saturated rings. The van der Waals surface area contributed by atoms with E-state index in [4.69, 9.17) is 5.11 Å². The molecule has 0 saturated carbocycles. The molecule has 0 spiro atoms. The van der Waals surface area contributed by atoms with Crippen molar-refractivity contribution in [2.24, 2.45) is 0 Å². The molecule has 0 radical (unpaired) electrons. The van der Waals surface area contributed by atoms with Gasteiger partial charge in [0.2, 0.25) is 0 Å². The van der Waals surface area contributed by atoms with Crippen LogP contribution >= 0.6 is 0 Å². The van der Waals surface area contributed by atoms with Crippen LogP contribution in [-0.4, -0.2) is 23.1 Å². The molecule has 96 valence electrons. The maximum Gasteiger partial charge on any atom is 0.326 e. The summed E-state index contributed by atoms with van der Waals surface area (Å²) >= 11 is 0. The summed E-state index contributed by atoms with van der Waals surface area (Å²) in [5.41, 5.74) is 0.246. The lowest BCUT2D eigenvalue weighted by Crippen LogP contribution is -2.42. The molecule has 1 aromatic rings. The number of anilines is 1. The summed E-state index contributed by atoms with van der Waals surface area (Å²) in [4.78, 5) is 22.3. The first kappa shape index (κ1) is 13.7. The van der Waals surface area contributed by atoms with Crippen LogP contribution in [0, 0.1) is 5.82 Å². The molecule has 0 heterocycles. The van der Waals surface area contributed by atoms with E-state index in [9.17, 15) is 14.0 Å². The maximum absolute atomic E-state index is 12.9. The highest BCUT2D eigenvalue weighted by molar-refractivity contribution is 5.92. The monoisotopic (exact) mass is 252 g/mol. The van der Waals surface area contributed by atoms with Gasteiger partial charge in [-0.15, -0.1) is 6.58 Å². The molecule has 1 unspecified atom stereocenters. The molecular formula is C12H13FN2O3. The highest BCUT2D eigenvalue weighted by Crippen LogP contribution is 2.08. The number of carbonyl (C=O) groups excluding carboxylic acids is 1. The lowest BCUT2D eigenvalue weighted by Gasteiger charge is -2.13. The van der Waals surface area contributed by atoms with Gasteiger partial charge in [0.15, 0.2) is 0 Å². The molecule has 0 aliphatic rings. The Morgan fingerprint density at radius 2 is 2.22 bits per heavy atom. The first-order valence-corrected chi connectivity index (χ1v) is 5.19. The zero-order valence-electron chi connectivity index (χ0n) is 9.52. The molecular weight excluding hydrogens is 239 g/mol. The van der Waals surface area contributed by atoms with Crippen molar-refractivity contribution in [2.45, 2.75) is 12.5 Å². The van der Waals surface area contributed by atoms with Gasteiger partial charge in [0.25, 0.3) is 0 Å². The molecule has 18 heavy (non-hydrogen) atoms. The SMILES string of the molecule is C=CCC(NC(=O)Nc1cccc(F)c1)C(=O)O. The molecule has 0 aliphatic carbocycles. The van der Waals surface area contributed by atoms with Crippen LogP contribution in [0.3, 0.4) is 0 Å². The van der Waals surface area contributed by atoms with Crippen LogP contribution in [0.25, 0.3) is 0 Å². The standard InChI is InChI=1S/C12H13FN2O3/c1-2-4-10(11(16)17)15-12(18)14-9-6-3-5-8(13)7-9/h2-3,5-7,10H,1,4H2,(H,16,17)(H2,14,15,18). The van der Waals surface area contributed by atoms with Crippen molar-refractivity contribution in [3.63, 3.8) is 0 Å². The molecule has 2 amide bonds. The number of nitrogens with one attached hydrogen (secondary N) is 2. The number of rotatable bonds is 5. The minimum Gasteiger partial charge on any atom is -0.480 e. The third kappa shape index (κ3) is 4.25. The van der Waals surface area contributed by atoms with E-state index in [0.29, 0.717) is 0 Å². The Hall–Kier alpha value is -2.37. The van der Waals surface area contributed by atoms with Gasteiger partial charge in [-0.2, -0.15) is 0 Å². The second kappa shape index (κ2) is 6.39. The van der Waals surface area contributed by atoms with Gasteiger partial charge in [-0.3, -0.25) is 0 Å².